The highest BCUT2D eigenvalue weighted by Crippen LogP contribution is 2.25. The third-order valence-electron chi connectivity index (χ3n) is 4.23. The van der Waals surface area contributed by atoms with Crippen LogP contribution in [-0.4, -0.2) is 37.6 Å². The standard InChI is InChI=1S/C14H30N2/c1-5-14(3,11-15-4)12-16-10-8-6-7-9-13(16)2/h13,15H,5-12H2,1-4H3. The Balaban J connectivity index is 2.54. The maximum absolute atomic E-state index is 3.35. The average molecular weight is 226 g/mol. The quantitative estimate of drug-likeness (QED) is 0.775. The Morgan fingerprint density at radius 1 is 1.31 bits per heavy atom. The molecule has 0 aromatic heterocycles. The molecule has 0 radical (unpaired) electrons. The summed E-state index contributed by atoms with van der Waals surface area (Å²) in [7, 11) is 2.07. The van der Waals surface area contributed by atoms with Gasteiger partial charge in [-0.1, -0.05) is 26.7 Å². The molecule has 2 heteroatoms. The summed E-state index contributed by atoms with van der Waals surface area (Å²) in [6.45, 7) is 10.8. The highest BCUT2D eigenvalue weighted by Gasteiger charge is 2.27. The number of hydrogen-bond acceptors (Lipinski definition) is 2. The molecule has 0 aromatic carbocycles. The second kappa shape index (κ2) is 6.61. The third-order valence-corrected chi connectivity index (χ3v) is 4.23. The Hall–Kier alpha value is -0.0800. The first kappa shape index (κ1) is 14.0. The molecule has 1 N–H and O–H groups in total. The van der Waals surface area contributed by atoms with Crippen molar-refractivity contribution in [2.75, 3.05) is 26.7 Å². The van der Waals surface area contributed by atoms with Crippen LogP contribution >= 0.6 is 0 Å². The van der Waals surface area contributed by atoms with Crippen molar-refractivity contribution >= 4 is 0 Å². The number of likely N-dealkylation sites (tertiary alicyclic amines) is 1. The second-order valence-electron chi connectivity index (χ2n) is 5.86. The molecule has 0 spiro atoms. The van der Waals surface area contributed by atoms with Gasteiger partial charge in [-0.3, -0.25) is 0 Å². The SMILES string of the molecule is CCC(C)(CNC)CN1CCCCCC1C. The summed E-state index contributed by atoms with van der Waals surface area (Å²) in [5.41, 5.74) is 0.438. The van der Waals surface area contributed by atoms with Crippen LogP contribution in [0.15, 0.2) is 0 Å². The van der Waals surface area contributed by atoms with E-state index >= 15 is 0 Å². The van der Waals surface area contributed by atoms with E-state index in [1.54, 1.807) is 0 Å². The van der Waals surface area contributed by atoms with Crippen LogP contribution in [0.5, 0.6) is 0 Å². The van der Waals surface area contributed by atoms with Crippen molar-refractivity contribution in [2.24, 2.45) is 5.41 Å². The normalized spacial score (nSPS) is 27.4. The van der Waals surface area contributed by atoms with E-state index in [-0.39, 0.29) is 0 Å². The Morgan fingerprint density at radius 2 is 2.06 bits per heavy atom. The summed E-state index contributed by atoms with van der Waals surface area (Å²) in [6.07, 6.45) is 6.89. The van der Waals surface area contributed by atoms with Crippen LogP contribution in [-0.2, 0) is 0 Å². The number of nitrogens with one attached hydrogen (secondary N) is 1. The monoisotopic (exact) mass is 226 g/mol. The van der Waals surface area contributed by atoms with Gasteiger partial charge in [0.25, 0.3) is 0 Å². The van der Waals surface area contributed by atoms with Gasteiger partial charge in [0.2, 0.25) is 0 Å². The summed E-state index contributed by atoms with van der Waals surface area (Å²) in [6, 6.07) is 0.783. The van der Waals surface area contributed by atoms with Crippen LogP contribution in [0.2, 0.25) is 0 Å². The van der Waals surface area contributed by atoms with E-state index in [0.29, 0.717) is 5.41 Å². The molecule has 16 heavy (non-hydrogen) atoms. The van der Waals surface area contributed by atoms with E-state index in [0.717, 1.165) is 12.6 Å². The largest absolute Gasteiger partial charge is 0.319 e. The summed E-state index contributed by atoms with van der Waals surface area (Å²) < 4.78 is 0. The predicted molar refractivity (Wildman–Crippen MR) is 71.8 cm³/mol. The van der Waals surface area contributed by atoms with E-state index < -0.39 is 0 Å². The molecule has 1 aliphatic rings. The molecule has 0 bridgehead atoms. The fourth-order valence-electron chi connectivity index (χ4n) is 2.78. The average Bonchev–Trinajstić information content (AvgIpc) is 2.45. The molecule has 2 atom stereocenters. The Bertz CT molecular complexity index is 193. The van der Waals surface area contributed by atoms with Crippen LogP contribution < -0.4 is 5.32 Å². The van der Waals surface area contributed by atoms with Crippen LogP contribution in [0.25, 0.3) is 0 Å². The van der Waals surface area contributed by atoms with E-state index in [9.17, 15) is 0 Å². The van der Waals surface area contributed by atoms with Crippen molar-refractivity contribution in [3.05, 3.63) is 0 Å². The molecule has 0 saturated carbocycles. The van der Waals surface area contributed by atoms with Crippen LogP contribution in [0.1, 0.15) is 52.9 Å². The van der Waals surface area contributed by atoms with Crippen molar-refractivity contribution < 1.29 is 0 Å². The van der Waals surface area contributed by atoms with Gasteiger partial charge in [-0.25, -0.2) is 0 Å². The molecule has 1 rings (SSSR count). The van der Waals surface area contributed by atoms with Gasteiger partial charge >= 0.3 is 0 Å². The van der Waals surface area contributed by atoms with Crippen molar-refractivity contribution in [2.45, 2.75) is 58.9 Å². The van der Waals surface area contributed by atoms with E-state index in [1.807, 2.05) is 0 Å². The highest BCUT2D eigenvalue weighted by atomic mass is 15.2. The molecule has 2 unspecified atom stereocenters. The number of nitrogens with zero attached hydrogens (tertiary/aromatic N) is 1. The maximum atomic E-state index is 3.35. The lowest BCUT2D eigenvalue weighted by Crippen LogP contribution is -2.44. The Kier molecular flexibility index (Phi) is 5.77. The lowest BCUT2D eigenvalue weighted by Gasteiger charge is -2.37. The van der Waals surface area contributed by atoms with Crippen molar-refractivity contribution in [1.29, 1.82) is 0 Å². The molecular formula is C14H30N2. The van der Waals surface area contributed by atoms with Crippen LogP contribution in [0.4, 0.5) is 0 Å². The van der Waals surface area contributed by atoms with Gasteiger partial charge in [-0.15, -0.1) is 0 Å². The molecular weight excluding hydrogens is 196 g/mol. The zero-order valence-corrected chi connectivity index (χ0v) is 11.7. The maximum Gasteiger partial charge on any atom is 0.00671 e. The Labute approximate surface area is 102 Å². The summed E-state index contributed by atoms with van der Waals surface area (Å²) in [4.78, 5) is 2.72. The molecule has 0 amide bonds. The van der Waals surface area contributed by atoms with Gasteiger partial charge in [0, 0.05) is 19.1 Å². The van der Waals surface area contributed by atoms with Crippen molar-refractivity contribution in [3.63, 3.8) is 0 Å². The zero-order valence-electron chi connectivity index (χ0n) is 11.7. The highest BCUT2D eigenvalue weighted by molar-refractivity contribution is 4.82. The first-order chi connectivity index (χ1) is 7.61. The van der Waals surface area contributed by atoms with E-state index in [1.165, 1.54) is 45.2 Å². The van der Waals surface area contributed by atoms with Crippen LogP contribution in [0.3, 0.4) is 0 Å². The van der Waals surface area contributed by atoms with Gasteiger partial charge in [0.1, 0.15) is 0 Å². The summed E-state index contributed by atoms with van der Waals surface area (Å²) in [5, 5.41) is 3.35. The molecule has 2 nitrogen and oxygen atoms in total. The van der Waals surface area contributed by atoms with Gasteiger partial charge in [-0.2, -0.15) is 0 Å². The molecule has 0 aromatic rings. The van der Waals surface area contributed by atoms with E-state index in [2.05, 4.69) is 38.0 Å². The van der Waals surface area contributed by atoms with Gasteiger partial charge in [0.05, 0.1) is 0 Å². The van der Waals surface area contributed by atoms with Gasteiger partial charge in [0.15, 0.2) is 0 Å². The van der Waals surface area contributed by atoms with E-state index in [4.69, 9.17) is 0 Å². The van der Waals surface area contributed by atoms with Crippen molar-refractivity contribution in [1.82, 2.24) is 10.2 Å². The molecule has 0 aliphatic carbocycles. The topological polar surface area (TPSA) is 15.3 Å². The number of hydrogen-bond donors (Lipinski definition) is 1. The third kappa shape index (κ3) is 4.06. The molecule has 1 aliphatic heterocycles. The second-order valence-corrected chi connectivity index (χ2v) is 5.86. The minimum absolute atomic E-state index is 0.438. The Morgan fingerprint density at radius 3 is 2.69 bits per heavy atom. The van der Waals surface area contributed by atoms with Gasteiger partial charge < -0.3 is 10.2 Å². The lowest BCUT2D eigenvalue weighted by molar-refractivity contribution is 0.124. The minimum Gasteiger partial charge on any atom is -0.319 e. The summed E-state index contributed by atoms with van der Waals surface area (Å²) >= 11 is 0. The molecule has 96 valence electrons. The smallest absolute Gasteiger partial charge is 0.00671 e. The first-order valence-electron chi connectivity index (χ1n) is 7.00. The first-order valence-corrected chi connectivity index (χ1v) is 7.00. The molecule has 1 saturated heterocycles. The minimum atomic E-state index is 0.438. The zero-order chi connectivity index (χ0) is 12.0. The fourth-order valence-corrected chi connectivity index (χ4v) is 2.78. The lowest BCUT2D eigenvalue weighted by atomic mass is 9.86. The summed E-state index contributed by atoms with van der Waals surface area (Å²) in [5.74, 6) is 0. The van der Waals surface area contributed by atoms with Gasteiger partial charge in [-0.05, 0) is 45.2 Å². The van der Waals surface area contributed by atoms with Crippen molar-refractivity contribution in [3.8, 4) is 0 Å². The predicted octanol–water partition coefficient (Wildman–Crippen LogP) is 2.89. The molecule has 1 heterocycles. The number of rotatable bonds is 5. The fraction of sp³-hybridized carbons (Fsp3) is 1.00. The van der Waals surface area contributed by atoms with Crippen LogP contribution in [0, 0.1) is 5.41 Å². The molecule has 1 fully saturated rings.